The lowest BCUT2D eigenvalue weighted by Crippen LogP contribution is -2.24. The van der Waals surface area contributed by atoms with E-state index < -0.39 is 0 Å². The van der Waals surface area contributed by atoms with Gasteiger partial charge in [0, 0.05) is 5.56 Å². The molecule has 0 atom stereocenters. The van der Waals surface area contributed by atoms with Gasteiger partial charge in [0.15, 0.2) is 0 Å². The minimum Gasteiger partial charge on any atom is -0.300 e. The van der Waals surface area contributed by atoms with E-state index in [0.29, 0.717) is 18.2 Å². The van der Waals surface area contributed by atoms with Crippen molar-refractivity contribution < 1.29 is 0 Å². The number of hydrogen-bond donors (Lipinski definition) is 0. The van der Waals surface area contributed by atoms with E-state index in [4.69, 9.17) is 4.98 Å². The zero-order valence-electron chi connectivity index (χ0n) is 17.7. The van der Waals surface area contributed by atoms with Gasteiger partial charge in [-0.25, -0.2) is 4.98 Å². The summed E-state index contributed by atoms with van der Waals surface area (Å²) < 4.78 is 1.86. The summed E-state index contributed by atoms with van der Waals surface area (Å²) in [7, 11) is 0. The third-order valence-corrected chi connectivity index (χ3v) is 5.85. The minimum absolute atomic E-state index is 0.0658. The summed E-state index contributed by atoms with van der Waals surface area (Å²) in [6.45, 7) is 4.84. The maximum atomic E-state index is 13.6. The first kappa shape index (κ1) is 19.3. The molecule has 0 saturated heterocycles. The molecule has 0 aliphatic heterocycles. The zero-order valence-corrected chi connectivity index (χ0v) is 17.7. The summed E-state index contributed by atoms with van der Waals surface area (Å²) in [5.41, 5.74) is 5.31. The highest BCUT2D eigenvalue weighted by atomic mass is 16.1. The molecule has 0 saturated carbocycles. The maximum Gasteiger partial charge on any atom is 0.277 e. The lowest BCUT2D eigenvalue weighted by molar-refractivity contribution is 0.790. The zero-order chi connectivity index (χ0) is 21.4. The van der Waals surface area contributed by atoms with Crippen LogP contribution in [0, 0.1) is 0 Å². The first-order valence-corrected chi connectivity index (χ1v) is 10.7. The third kappa shape index (κ3) is 3.64. The van der Waals surface area contributed by atoms with E-state index in [-0.39, 0.29) is 5.56 Å². The van der Waals surface area contributed by atoms with Crippen LogP contribution < -0.4 is 5.56 Å². The molecular weight excluding hydrogens is 380 g/mol. The second-order valence-corrected chi connectivity index (χ2v) is 8.30. The average Bonchev–Trinajstić information content (AvgIpc) is 2.80. The van der Waals surface area contributed by atoms with Crippen molar-refractivity contribution in [2.24, 2.45) is 0 Å². The molecule has 152 valence electrons. The van der Waals surface area contributed by atoms with Crippen molar-refractivity contribution in [1.29, 1.82) is 0 Å². The van der Waals surface area contributed by atoms with Gasteiger partial charge in [-0.3, -0.25) is 4.79 Å². The summed E-state index contributed by atoms with van der Waals surface area (Å²) in [6, 6.07) is 30.7. The van der Waals surface area contributed by atoms with Crippen LogP contribution in [-0.2, 0) is 6.54 Å². The van der Waals surface area contributed by atoms with Crippen LogP contribution in [-0.4, -0.2) is 9.55 Å². The molecular formula is C28H24N2O. The van der Waals surface area contributed by atoms with E-state index in [1.165, 1.54) is 5.56 Å². The van der Waals surface area contributed by atoms with E-state index in [1.807, 2.05) is 47.0 Å². The van der Waals surface area contributed by atoms with E-state index >= 15 is 0 Å². The summed E-state index contributed by atoms with van der Waals surface area (Å²) in [5, 5.41) is 2.22. The fraction of sp³-hybridized carbons (Fsp3) is 0.143. The summed E-state index contributed by atoms with van der Waals surface area (Å²) >= 11 is 0. The Bertz CT molecular complexity index is 1430. The van der Waals surface area contributed by atoms with Gasteiger partial charge in [-0.15, -0.1) is 0 Å². The molecule has 0 N–H and O–H groups in total. The molecule has 0 radical (unpaired) electrons. The molecule has 3 heteroatoms. The minimum atomic E-state index is -0.0658. The van der Waals surface area contributed by atoms with Gasteiger partial charge in [-0.2, -0.15) is 0 Å². The Kier molecular flexibility index (Phi) is 4.87. The summed E-state index contributed by atoms with van der Waals surface area (Å²) in [4.78, 5) is 18.5. The Morgan fingerprint density at radius 1 is 0.806 bits per heavy atom. The van der Waals surface area contributed by atoms with E-state index in [2.05, 4.69) is 62.4 Å². The van der Waals surface area contributed by atoms with Crippen molar-refractivity contribution in [3.05, 3.63) is 112 Å². The fourth-order valence-corrected chi connectivity index (χ4v) is 4.06. The van der Waals surface area contributed by atoms with Crippen molar-refractivity contribution in [1.82, 2.24) is 9.55 Å². The molecule has 0 aliphatic rings. The van der Waals surface area contributed by atoms with Gasteiger partial charge < -0.3 is 4.57 Å². The molecule has 1 aromatic heterocycles. The lowest BCUT2D eigenvalue weighted by Gasteiger charge is -2.14. The smallest absolute Gasteiger partial charge is 0.277 e. The molecule has 0 amide bonds. The van der Waals surface area contributed by atoms with Gasteiger partial charge in [0.2, 0.25) is 0 Å². The first-order chi connectivity index (χ1) is 15.1. The number of nitrogens with zero attached hydrogens (tertiary/aromatic N) is 2. The standard InChI is InChI=1S/C28H24N2O/c1-19(2)21-12-14-22(15-13-21)27-28(31)30(18-20-8-4-3-5-9-20)26-17-24-11-7-6-10-23(24)16-25(26)29-27/h3-17,19H,18H2,1-2H3. The van der Waals surface area contributed by atoms with Gasteiger partial charge in [0.25, 0.3) is 5.56 Å². The van der Waals surface area contributed by atoms with Crippen LogP contribution in [0.15, 0.2) is 95.8 Å². The van der Waals surface area contributed by atoms with Crippen molar-refractivity contribution in [2.45, 2.75) is 26.3 Å². The molecule has 0 spiro atoms. The second kappa shape index (κ2) is 7.84. The van der Waals surface area contributed by atoms with E-state index in [0.717, 1.165) is 32.9 Å². The molecule has 0 bridgehead atoms. The number of fused-ring (bicyclic) bond motifs is 2. The predicted octanol–water partition coefficient (Wildman–Crippen LogP) is 6.39. The topological polar surface area (TPSA) is 34.9 Å². The summed E-state index contributed by atoms with van der Waals surface area (Å²) in [6.07, 6.45) is 0. The number of rotatable bonds is 4. The van der Waals surface area contributed by atoms with Gasteiger partial charge in [0.05, 0.1) is 17.6 Å². The quantitative estimate of drug-likeness (QED) is 0.325. The van der Waals surface area contributed by atoms with Crippen LogP contribution in [0.1, 0.15) is 30.9 Å². The van der Waals surface area contributed by atoms with Crippen LogP contribution >= 0.6 is 0 Å². The Morgan fingerprint density at radius 3 is 2.13 bits per heavy atom. The van der Waals surface area contributed by atoms with E-state index in [1.54, 1.807) is 0 Å². The summed E-state index contributed by atoms with van der Waals surface area (Å²) in [5.74, 6) is 0.444. The van der Waals surface area contributed by atoms with Gasteiger partial charge in [-0.1, -0.05) is 92.7 Å². The normalized spacial score (nSPS) is 11.5. The molecule has 4 aromatic carbocycles. The molecule has 5 aromatic rings. The van der Waals surface area contributed by atoms with Gasteiger partial charge in [0.1, 0.15) is 5.69 Å². The Labute approximate surface area is 181 Å². The molecule has 5 rings (SSSR count). The van der Waals surface area contributed by atoms with Crippen LogP contribution in [0.3, 0.4) is 0 Å². The third-order valence-electron chi connectivity index (χ3n) is 5.85. The predicted molar refractivity (Wildman–Crippen MR) is 129 cm³/mol. The highest BCUT2D eigenvalue weighted by molar-refractivity contribution is 5.95. The first-order valence-electron chi connectivity index (χ1n) is 10.7. The van der Waals surface area contributed by atoms with Crippen LogP contribution in [0.4, 0.5) is 0 Å². The van der Waals surface area contributed by atoms with E-state index in [9.17, 15) is 4.79 Å². The van der Waals surface area contributed by atoms with Crippen LogP contribution in [0.5, 0.6) is 0 Å². The van der Waals surface area contributed by atoms with Crippen molar-refractivity contribution in [3.63, 3.8) is 0 Å². The average molecular weight is 405 g/mol. The Morgan fingerprint density at radius 2 is 1.45 bits per heavy atom. The van der Waals surface area contributed by atoms with Crippen LogP contribution in [0.2, 0.25) is 0 Å². The molecule has 0 aliphatic carbocycles. The molecule has 0 unspecified atom stereocenters. The van der Waals surface area contributed by atoms with Crippen LogP contribution in [0.25, 0.3) is 33.1 Å². The number of aromatic nitrogens is 2. The lowest BCUT2D eigenvalue weighted by atomic mass is 10.0. The van der Waals surface area contributed by atoms with Gasteiger partial charge >= 0.3 is 0 Å². The molecule has 0 fully saturated rings. The SMILES string of the molecule is CC(C)c1ccc(-c2nc3cc4ccccc4cc3n(Cc3ccccc3)c2=O)cc1. The largest absolute Gasteiger partial charge is 0.300 e. The molecule has 31 heavy (non-hydrogen) atoms. The van der Waals surface area contributed by atoms with Gasteiger partial charge in [-0.05, 0) is 39.9 Å². The highest BCUT2D eigenvalue weighted by Gasteiger charge is 2.14. The monoisotopic (exact) mass is 404 g/mol. The fourth-order valence-electron chi connectivity index (χ4n) is 4.06. The highest BCUT2D eigenvalue weighted by Crippen LogP contribution is 2.25. The molecule has 1 heterocycles. The maximum absolute atomic E-state index is 13.6. The second-order valence-electron chi connectivity index (χ2n) is 8.30. The number of hydrogen-bond acceptors (Lipinski definition) is 2. The van der Waals surface area contributed by atoms with Crippen molar-refractivity contribution >= 4 is 21.8 Å². The number of benzene rings is 4. The Balaban J connectivity index is 1.77. The van der Waals surface area contributed by atoms with Crippen molar-refractivity contribution in [2.75, 3.05) is 0 Å². The molecule has 3 nitrogen and oxygen atoms in total. The van der Waals surface area contributed by atoms with Crippen molar-refractivity contribution in [3.8, 4) is 11.3 Å². The Hall–Kier alpha value is -3.72.